The van der Waals surface area contributed by atoms with Crippen LogP contribution in [0.5, 0.6) is 0 Å². The van der Waals surface area contributed by atoms with Crippen LogP contribution in [0.2, 0.25) is 0 Å². The number of hydrogen-bond acceptors (Lipinski definition) is 0. The van der Waals surface area contributed by atoms with E-state index in [9.17, 15) is 0 Å². The minimum atomic E-state index is 0.486. The van der Waals surface area contributed by atoms with Crippen LogP contribution in [0, 0.1) is 46.3 Å². The average molecular weight is 369 g/mol. The highest BCUT2D eigenvalue weighted by Gasteiger charge is 2.58. The quantitative estimate of drug-likeness (QED) is 0.459. The summed E-state index contributed by atoms with van der Waals surface area (Å²) in [6.07, 6.45) is 22.0. The van der Waals surface area contributed by atoms with Gasteiger partial charge in [0.05, 0.1) is 0 Å². The molecule has 0 nitrogen and oxygen atoms in total. The number of fused-ring (bicyclic) bond motifs is 5. The third kappa shape index (κ3) is 3.28. The van der Waals surface area contributed by atoms with Gasteiger partial charge in [0.25, 0.3) is 0 Å². The molecule has 27 heavy (non-hydrogen) atoms. The third-order valence-corrected chi connectivity index (χ3v) is 9.85. The van der Waals surface area contributed by atoms with E-state index in [0.717, 1.165) is 35.5 Å². The van der Waals surface area contributed by atoms with Gasteiger partial charge in [-0.2, -0.15) is 0 Å². The van der Waals surface area contributed by atoms with Gasteiger partial charge in [-0.1, -0.05) is 72.1 Å². The number of allylic oxidation sites excluding steroid dienone is 4. The summed E-state index contributed by atoms with van der Waals surface area (Å²) in [6, 6.07) is 0. The van der Waals surface area contributed by atoms with Gasteiger partial charge in [0.15, 0.2) is 0 Å². The Morgan fingerprint density at radius 1 is 1.00 bits per heavy atom. The average Bonchev–Trinajstić information content (AvgIpc) is 2.98. The molecule has 4 aliphatic rings. The molecule has 0 heterocycles. The van der Waals surface area contributed by atoms with Crippen LogP contribution in [0.3, 0.4) is 0 Å². The standard InChI is InChI=1S/C27H44/c1-19(2)9-8-10-20(3)23-14-15-24-22-13-12-21-11-6-7-17-26(21,4)25(22)16-18-27(23,24)5/h6,11-12,19-20,22-25H,7-10,13-18H2,1-5H3/t20-,22?,23-,24?,25?,26+,27-/m1/s1. The summed E-state index contributed by atoms with van der Waals surface area (Å²) in [4.78, 5) is 0. The van der Waals surface area contributed by atoms with E-state index >= 15 is 0 Å². The summed E-state index contributed by atoms with van der Waals surface area (Å²) >= 11 is 0. The Balaban J connectivity index is 1.50. The molecule has 0 aromatic rings. The first-order valence-corrected chi connectivity index (χ1v) is 12.2. The summed E-state index contributed by atoms with van der Waals surface area (Å²) < 4.78 is 0. The van der Waals surface area contributed by atoms with Crippen molar-refractivity contribution in [3.8, 4) is 0 Å². The molecule has 0 aromatic heterocycles. The fraction of sp³-hybridized carbons (Fsp3) is 0.852. The molecule has 0 radical (unpaired) electrons. The summed E-state index contributed by atoms with van der Waals surface area (Å²) in [5.41, 5.74) is 2.81. The van der Waals surface area contributed by atoms with E-state index in [1.54, 1.807) is 5.57 Å². The molecule has 4 rings (SSSR count). The van der Waals surface area contributed by atoms with Gasteiger partial charge in [-0.15, -0.1) is 0 Å². The molecule has 7 atom stereocenters. The van der Waals surface area contributed by atoms with Crippen LogP contribution in [-0.2, 0) is 0 Å². The van der Waals surface area contributed by atoms with Crippen molar-refractivity contribution < 1.29 is 0 Å². The van der Waals surface area contributed by atoms with Gasteiger partial charge < -0.3 is 0 Å². The SMILES string of the molecule is CC(C)CCC[C@@H](C)[C@H]1CCC2C3CC=C4C=CCC[C@]4(C)C3CC[C@@]21C. The van der Waals surface area contributed by atoms with Gasteiger partial charge in [-0.25, -0.2) is 0 Å². The topological polar surface area (TPSA) is 0 Å². The zero-order valence-electron chi connectivity index (χ0n) is 18.8. The number of hydrogen-bond donors (Lipinski definition) is 0. The fourth-order valence-corrected chi connectivity index (χ4v) is 8.32. The molecule has 0 bridgehead atoms. The van der Waals surface area contributed by atoms with Crippen molar-refractivity contribution >= 4 is 0 Å². The van der Waals surface area contributed by atoms with Crippen LogP contribution in [0.15, 0.2) is 23.8 Å². The predicted octanol–water partition coefficient (Wildman–Crippen LogP) is 8.19. The maximum Gasteiger partial charge on any atom is -0.00445 e. The van der Waals surface area contributed by atoms with E-state index < -0.39 is 0 Å². The molecule has 3 unspecified atom stereocenters. The van der Waals surface area contributed by atoms with Crippen molar-refractivity contribution in [1.29, 1.82) is 0 Å². The first-order chi connectivity index (χ1) is 12.9. The van der Waals surface area contributed by atoms with Crippen LogP contribution >= 0.6 is 0 Å². The molecule has 0 heteroatoms. The zero-order chi connectivity index (χ0) is 19.2. The third-order valence-electron chi connectivity index (χ3n) is 9.85. The predicted molar refractivity (Wildman–Crippen MR) is 118 cm³/mol. The fourth-order valence-electron chi connectivity index (χ4n) is 8.32. The molecule has 2 saturated carbocycles. The minimum absolute atomic E-state index is 0.486. The molecule has 0 aromatic carbocycles. The van der Waals surface area contributed by atoms with Gasteiger partial charge in [0.1, 0.15) is 0 Å². The molecule has 0 aliphatic heterocycles. The monoisotopic (exact) mass is 368 g/mol. The molecule has 0 amide bonds. The lowest BCUT2D eigenvalue weighted by Crippen LogP contribution is -2.49. The first kappa shape index (κ1) is 19.8. The Morgan fingerprint density at radius 2 is 1.81 bits per heavy atom. The van der Waals surface area contributed by atoms with Crippen molar-refractivity contribution in [3.05, 3.63) is 23.8 Å². The van der Waals surface area contributed by atoms with Crippen LogP contribution < -0.4 is 0 Å². The molecule has 152 valence electrons. The molecule has 0 spiro atoms. The van der Waals surface area contributed by atoms with Gasteiger partial charge in [-0.3, -0.25) is 0 Å². The van der Waals surface area contributed by atoms with Crippen molar-refractivity contribution in [2.24, 2.45) is 46.3 Å². The lowest BCUT2D eigenvalue weighted by molar-refractivity contribution is -0.0451. The Morgan fingerprint density at radius 3 is 2.59 bits per heavy atom. The van der Waals surface area contributed by atoms with Crippen molar-refractivity contribution in [2.75, 3.05) is 0 Å². The Kier molecular flexibility index (Phi) is 5.41. The molecular formula is C27H44. The van der Waals surface area contributed by atoms with Crippen molar-refractivity contribution in [2.45, 2.75) is 98.8 Å². The Bertz CT molecular complexity index is 595. The van der Waals surface area contributed by atoms with Crippen LogP contribution in [-0.4, -0.2) is 0 Å². The summed E-state index contributed by atoms with van der Waals surface area (Å²) in [7, 11) is 0. The highest BCUT2D eigenvalue weighted by Crippen LogP contribution is 2.66. The van der Waals surface area contributed by atoms with Gasteiger partial charge in [0.2, 0.25) is 0 Å². The summed E-state index contributed by atoms with van der Waals surface area (Å²) in [6.45, 7) is 12.7. The highest BCUT2D eigenvalue weighted by molar-refractivity contribution is 5.34. The van der Waals surface area contributed by atoms with E-state index in [1.165, 1.54) is 64.2 Å². The van der Waals surface area contributed by atoms with E-state index in [0.29, 0.717) is 10.8 Å². The Hall–Kier alpha value is -0.520. The zero-order valence-corrected chi connectivity index (χ0v) is 18.8. The maximum atomic E-state index is 2.72. The van der Waals surface area contributed by atoms with Crippen LogP contribution in [0.4, 0.5) is 0 Å². The van der Waals surface area contributed by atoms with E-state index in [-0.39, 0.29) is 0 Å². The first-order valence-electron chi connectivity index (χ1n) is 12.2. The lowest BCUT2D eigenvalue weighted by atomic mass is 9.47. The second-order valence-corrected chi connectivity index (χ2v) is 11.7. The minimum Gasteiger partial charge on any atom is -0.0842 e. The highest BCUT2D eigenvalue weighted by atomic mass is 14.6. The summed E-state index contributed by atoms with van der Waals surface area (Å²) in [5.74, 6) is 5.70. The maximum absolute atomic E-state index is 2.72. The smallest absolute Gasteiger partial charge is 0.00445 e. The Labute approximate surface area is 169 Å². The van der Waals surface area contributed by atoms with Crippen LogP contribution in [0.25, 0.3) is 0 Å². The molecule has 2 fully saturated rings. The molecular weight excluding hydrogens is 324 g/mol. The second-order valence-electron chi connectivity index (χ2n) is 11.7. The largest absolute Gasteiger partial charge is 0.0842 e. The van der Waals surface area contributed by atoms with Crippen molar-refractivity contribution in [3.63, 3.8) is 0 Å². The van der Waals surface area contributed by atoms with Gasteiger partial charge >= 0.3 is 0 Å². The summed E-state index contributed by atoms with van der Waals surface area (Å²) in [5, 5.41) is 0. The van der Waals surface area contributed by atoms with Gasteiger partial charge in [0, 0.05) is 0 Å². The van der Waals surface area contributed by atoms with Crippen molar-refractivity contribution in [1.82, 2.24) is 0 Å². The second kappa shape index (κ2) is 7.38. The normalized spacial score (nSPS) is 44.4. The van der Waals surface area contributed by atoms with E-state index in [1.807, 2.05) is 0 Å². The molecule has 0 N–H and O–H groups in total. The molecule has 4 aliphatic carbocycles. The van der Waals surface area contributed by atoms with Crippen LogP contribution in [0.1, 0.15) is 98.8 Å². The number of rotatable bonds is 5. The van der Waals surface area contributed by atoms with E-state index in [4.69, 9.17) is 0 Å². The lowest BCUT2D eigenvalue weighted by Gasteiger charge is -2.57. The van der Waals surface area contributed by atoms with E-state index in [2.05, 4.69) is 52.8 Å². The van der Waals surface area contributed by atoms with Gasteiger partial charge in [-0.05, 0) is 96.9 Å². The molecule has 0 saturated heterocycles.